The van der Waals surface area contributed by atoms with Crippen molar-refractivity contribution in [3.8, 4) is 0 Å². The number of nitrogens with one attached hydrogen (secondary N) is 1. The van der Waals surface area contributed by atoms with Crippen LogP contribution in [0.3, 0.4) is 0 Å². The number of hydrogen-bond donors (Lipinski definition) is 2. The summed E-state index contributed by atoms with van der Waals surface area (Å²) in [7, 11) is 0. The minimum atomic E-state index is -4.88. The fourth-order valence-corrected chi connectivity index (χ4v) is 2.45. The molecule has 1 aromatic heterocycles. The van der Waals surface area contributed by atoms with Crippen molar-refractivity contribution in [2.75, 3.05) is 5.75 Å². The summed E-state index contributed by atoms with van der Waals surface area (Å²) in [6.45, 7) is 3.31. The van der Waals surface area contributed by atoms with Gasteiger partial charge in [-0.3, -0.25) is 9.78 Å². The fraction of sp³-hybridized carbons (Fsp3) is 0.500. The normalized spacial score (nSPS) is 12.3. The molecule has 0 aliphatic carbocycles. The molecule has 1 heterocycles. The van der Waals surface area contributed by atoms with E-state index in [0.717, 1.165) is 4.90 Å². The van der Waals surface area contributed by atoms with Crippen molar-refractivity contribution >= 4 is 17.7 Å². The van der Waals surface area contributed by atoms with E-state index in [1.54, 1.807) is 18.3 Å². The molecule has 0 fully saturated rings. The molecule has 4 nitrogen and oxygen atoms in total. The first-order chi connectivity index (χ1) is 9.15. The number of nitrogens with two attached hydrogens (primary N) is 1. The van der Waals surface area contributed by atoms with Gasteiger partial charge < -0.3 is 11.1 Å². The molecule has 0 bridgehead atoms. The zero-order valence-corrected chi connectivity index (χ0v) is 11.9. The minimum absolute atomic E-state index is 0.249. The molecule has 0 saturated heterocycles. The van der Waals surface area contributed by atoms with E-state index in [0.29, 0.717) is 5.69 Å². The molecule has 1 amide bonds. The van der Waals surface area contributed by atoms with Crippen LogP contribution in [0, 0.1) is 0 Å². The van der Waals surface area contributed by atoms with Crippen molar-refractivity contribution in [2.45, 2.75) is 37.0 Å². The van der Waals surface area contributed by atoms with Gasteiger partial charge in [-0.1, -0.05) is 0 Å². The molecule has 3 N–H and O–H groups in total. The molecule has 0 saturated carbocycles. The van der Waals surface area contributed by atoms with Gasteiger partial charge in [0.15, 0.2) is 0 Å². The maximum Gasteiger partial charge on any atom is 0.471 e. The Hall–Kier alpha value is -1.28. The van der Waals surface area contributed by atoms with Crippen molar-refractivity contribution < 1.29 is 18.0 Å². The lowest BCUT2D eigenvalue weighted by molar-refractivity contribution is -0.175. The van der Waals surface area contributed by atoms with E-state index in [2.05, 4.69) is 4.98 Å². The number of rotatable bonds is 5. The van der Waals surface area contributed by atoms with Crippen LogP contribution in [0.1, 0.15) is 19.5 Å². The SMILES string of the molecule is CC(C)(CSc1cccnc1CN)NC(=O)C(F)(F)F. The first-order valence-electron chi connectivity index (χ1n) is 5.82. The molecular formula is C12H16F3N3OS. The van der Waals surface area contributed by atoms with Crippen LogP contribution in [0.2, 0.25) is 0 Å². The van der Waals surface area contributed by atoms with Crippen molar-refractivity contribution in [1.82, 2.24) is 10.3 Å². The summed E-state index contributed by atoms with van der Waals surface area (Å²) in [5.74, 6) is -1.67. The van der Waals surface area contributed by atoms with Gasteiger partial charge >= 0.3 is 12.1 Å². The van der Waals surface area contributed by atoms with E-state index in [-0.39, 0.29) is 12.3 Å². The fourth-order valence-electron chi connectivity index (χ4n) is 1.38. The molecule has 0 unspecified atom stereocenters. The van der Waals surface area contributed by atoms with Gasteiger partial charge in [-0.2, -0.15) is 13.2 Å². The number of hydrogen-bond acceptors (Lipinski definition) is 4. The standard InChI is InChI=1S/C12H16F3N3OS/c1-11(2,18-10(19)12(13,14)15)7-20-9-4-3-5-17-8(9)6-16/h3-5H,6-7,16H2,1-2H3,(H,18,19). The number of carbonyl (C=O) groups is 1. The van der Waals surface area contributed by atoms with Crippen LogP contribution in [-0.2, 0) is 11.3 Å². The molecular weight excluding hydrogens is 291 g/mol. The van der Waals surface area contributed by atoms with Crippen LogP contribution in [0.15, 0.2) is 23.2 Å². The third kappa shape index (κ3) is 5.01. The van der Waals surface area contributed by atoms with Gasteiger partial charge in [-0.15, -0.1) is 11.8 Å². The second-order valence-electron chi connectivity index (χ2n) is 4.78. The quantitative estimate of drug-likeness (QED) is 0.817. The van der Waals surface area contributed by atoms with Crippen LogP contribution < -0.4 is 11.1 Å². The highest BCUT2D eigenvalue weighted by atomic mass is 32.2. The molecule has 1 rings (SSSR count). The number of thioether (sulfide) groups is 1. The summed E-state index contributed by atoms with van der Waals surface area (Å²) in [6.07, 6.45) is -3.28. The zero-order valence-electron chi connectivity index (χ0n) is 11.1. The van der Waals surface area contributed by atoms with E-state index in [1.807, 2.05) is 5.32 Å². The Bertz CT molecular complexity index is 477. The lowest BCUT2D eigenvalue weighted by Crippen LogP contribution is -2.50. The van der Waals surface area contributed by atoms with E-state index in [9.17, 15) is 18.0 Å². The van der Waals surface area contributed by atoms with E-state index in [1.165, 1.54) is 25.6 Å². The topological polar surface area (TPSA) is 68.0 Å². The zero-order chi connectivity index (χ0) is 15.4. The minimum Gasteiger partial charge on any atom is -0.343 e. The predicted octanol–water partition coefficient (Wildman–Crippen LogP) is 2.09. The van der Waals surface area contributed by atoms with Gasteiger partial charge in [-0.05, 0) is 26.0 Å². The van der Waals surface area contributed by atoms with Crippen LogP contribution in [0.5, 0.6) is 0 Å². The highest BCUT2D eigenvalue weighted by Gasteiger charge is 2.41. The Morgan fingerprint density at radius 3 is 2.65 bits per heavy atom. The number of halogens is 3. The summed E-state index contributed by atoms with van der Waals surface area (Å²) in [5.41, 5.74) is 5.21. The molecule has 112 valence electrons. The number of aromatic nitrogens is 1. The Labute approximate surface area is 119 Å². The maximum absolute atomic E-state index is 12.2. The highest BCUT2D eigenvalue weighted by Crippen LogP contribution is 2.25. The second-order valence-corrected chi connectivity index (χ2v) is 5.79. The molecule has 0 aromatic carbocycles. The van der Waals surface area contributed by atoms with Gasteiger partial charge in [-0.25, -0.2) is 0 Å². The van der Waals surface area contributed by atoms with Gasteiger partial charge in [0.25, 0.3) is 0 Å². The summed E-state index contributed by atoms with van der Waals surface area (Å²) < 4.78 is 36.6. The van der Waals surface area contributed by atoms with Crippen LogP contribution in [0.4, 0.5) is 13.2 Å². The summed E-state index contributed by atoms with van der Waals surface area (Å²) >= 11 is 1.31. The average Bonchev–Trinajstić information content (AvgIpc) is 2.35. The van der Waals surface area contributed by atoms with E-state index >= 15 is 0 Å². The first-order valence-corrected chi connectivity index (χ1v) is 6.80. The van der Waals surface area contributed by atoms with Crippen LogP contribution in [-0.4, -0.2) is 28.4 Å². The molecule has 0 radical (unpaired) electrons. The van der Waals surface area contributed by atoms with Crippen LogP contribution >= 0.6 is 11.8 Å². The Morgan fingerprint density at radius 2 is 2.10 bits per heavy atom. The Balaban J connectivity index is 2.66. The number of alkyl halides is 3. The van der Waals surface area contributed by atoms with Gasteiger partial charge in [0.1, 0.15) is 0 Å². The molecule has 0 aliphatic rings. The smallest absolute Gasteiger partial charge is 0.343 e. The highest BCUT2D eigenvalue weighted by molar-refractivity contribution is 7.99. The van der Waals surface area contributed by atoms with Gasteiger partial charge in [0.2, 0.25) is 0 Å². The predicted molar refractivity (Wildman–Crippen MR) is 71.1 cm³/mol. The number of nitrogens with zero attached hydrogens (tertiary/aromatic N) is 1. The van der Waals surface area contributed by atoms with Crippen molar-refractivity contribution in [1.29, 1.82) is 0 Å². The second kappa shape index (κ2) is 6.45. The molecule has 20 heavy (non-hydrogen) atoms. The molecule has 1 aromatic rings. The van der Waals surface area contributed by atoms with E-state index in [4.69, 9.17) is 5.73 Å². The first kappa shape index (κ1) is 16.8. The van der Waals surface area contributed by atoms with Crippen molar-refractivity contribution in [3.05, 3.63) is 24.0 Å². The lowest BCUT2D eigenvalue weighted by Gasteiger charge is -2.26. The summed E-state index contributed by atoms with van der Waals surface area (Å²) in [4.78, 5) is 15.8. The largest absolute Gasteiger partial charge is 0.471 e. The third-order valence-electron chi connectivity index (χ3n) is 2.34. The third-order valence-corrected chi connectivity index (χ3v) is 3.89. The molecule has 8 heteroatoms. The number of pyridine rings is 1. The lowest BCUT2D eigenvalue weighted by atomic mass is 10.1. The molecule has 0 aliphatic heterocycles. The Morgan fingerprint density at radius 1 is 1.45 bits per heavy atom. The van der Waals surface area contributed by atoms with Crippen molar-refractivity contribution in [3.63, 3.8) is 0 Å². The van der Waals surface area contributed by atoms with Gasteiger partial charge in [0, 0.05) is 28.9 Å². The van der Waals surface area contributed by atoms with Crippen molar-refractivity contribution in [2.24, 2.45) is 5.73 Å². The number of carbonyl (C=O) groups excluding carboxylic acids is 1. The number of amides is 1. The molecule has 0 atom stereocenters. The van der Waals surface area contributed by atoms with Crippen LogP contribution in [0.25, 0.3) is 0 Å². The monoisotopic (exact) mass is 307 g/mol. The molecule has 0 spiro atoms. The Kier molecular flexibility index (Phi) is 5.41. The summed E-state index contributed by atoms with van der Waals surface area (Å²) in [6, 6.07) is 3.52. The van der Waals surface area contributed by atoms with E-state index < -0.39 is 17.6 Å². The maximum atomic E-state index is 12.2. The average molecular weight is 307 g/mol. The summed E-state index contributed by atoms with van der Waals surface area (Å²) in [5, 5.41) is 1.97. The van der Waals surface area contributed by atoms with Gasteiger partial charge in [0.05, 0.1) is 5.69 Å².